The van der Waals surface area contributed by atoms with E-state index in [1.807, 2.05) is 29.1 Å². The normalized spacial score (nSPS) is 14.6. The maximum Gasteiger partial charge on any atom is 0.0646 e. The van der Waals surface area contributed by atoms with Crippen LogP contribution in [0.2, 0.25) is 0 Å². The molecule has 3 heteroatoms. The minimum Gasteiger partial charge on any atom is -0.321 e. The van der Waals surface area contributed by atoms with Gasteiger partial charge in [-0.3, -0.25) is 4.68 Å². The molecule has 102 valence electrons. The van der Waals surface area contributed by atoms with Gasteiger partial charge < -0.3 is 5.73 Å². The van der Waals surface area contributed by atoms with Crippen LogP contribution < -0.4 is 5.73 Å². The molecule has 1 heterocycles. The standard InChI is InChI=1S/C16H23N3/c1-4-16(17,14-8-6-5-7-9-14)12-15-10-11-19(18-15)13(2)3/h5-11,13H,4,12,17H2,1-3H3. The van der Waals surface area contributed by atoms with Gasteiger partial charge >= 0.3 is 0 Å². The zero-order valence-corrected chi connectivity index (χ0v) is 12.0. The van der Waals surface area contributed by atoms with Gasteiger partial charge in [0.1, 0.15) is 0 Å². The summed E-state index contributed by atoms with van der Waals surface area (Å²) >= 11 is 0. The first-order chi connectivity index (χ1) is 9.05. The summed E-state index contributed by atoms with van der Waals surface area (Å²) in [6.45, 7) is 6.39. The Morgan fingerprint density at radius 1 is 1.21 bits per heavy atom. The fourth-order valence-corrected chi connectivity index (χ4v) is 2.28. The van der Waals surface area contributed by atoms with Crippen LogP contribution in [0.3, 0.4) is 0 Å². The summed E-state index contributed by atoms with van der Waals surface area (Å²) in [5.74, 6) is 0. The smallest absolute Gasteiger partial charge is 0.0646 e. The Hall–Kier alpha value is -1.61. The summed E-state index contributed by atoms with van der Waals surface area (Å²) in [5, 5.41) is 4.60. The quantitative estimate of drug-likeness (QED) is 0.893. The predicted molar refractivity (Wildman–Crippen MR) is 78.9 cm³/mol. The van der Waals surface area contributed by atoms with Crippen molar-refractivity contribution in [2.45, 2.75) is 45.2 Å². The van der Waals surface area contributed by atoms with E-state index < -0.39 is 0 Å². The van der Waals surface area contributed by atoms with E-state index in [4.69, 9.17) is 5.73 Å². The van der Waals surface area contributed by atoms with Gasteiger partial charge in [0.15, 0.2) is 0 Å². The van der Waals surface area contributed by atoms with Crippen LogP contribution in [0.25, 0.3) is 0 Å². The van der Waals surface area contributed by atoms with Gasteiger partial charge in [0.05, 0.1) is 5.69 Å². The lowest BCUT2D eigenvalue weighted by Gasteiger charge is -2.28. The molecule has 0 aliphatic heterocycles. The molecule has 19 heavy (non-hydrogen) atoms. The van der Waals surface area contributed by atoms with Gasteiger partial charge in [-0.05, 0) is 31.9 Å². The van der Waals surface area contributed by atoms with E-state index in [1.165, 1.54) is 5.56 Å². The molecule has 0 aliphatic carbocycles. The van der Waals surface area contributed by atoms with Crippen LogP contribution in [-0.4, -0.2) is 9.78 Å². The molecule has 0 saturated heterocycles. The van der Waals surface area contributed by atoms with Crippen molar-refractivity contribution in [1.82, 2.24) is 9.78 Å². The van der Waals surface area contributed by atoms with Gasteiger partial charge in [0.25, 0.3) is 0 Å². The molecule has 0 saturated carbocycles. The molecule has 3 nitrogen and oxygen atoms in total. The molecule has 0 fully saturated rings. The minimum absolute atomic E-state index is 0.336. The third-order valence-corrected chi connectivity index (χ3v) is 3.67. The highest BCUT2D eigenvalue weighted by Crippen LogP contribution is 2.26. The third-order valence-electron chi connectivity index (χ3n) is 3.67. The Morgan fingerprint density at radius 3 is 2.42 bits per heavy atom. The van der Waals surface area contributed by atoms with E-state index in [9.17, 15) is 0 Å². The number of hydrogen-bond acceptors (Lipinski definition) is 2. The maximum absolute atomic E-state index is 6.59. The molecule has 0 amide bonds. The van der Waals surface area contributed by atoms with Crippen LogP contribution in [0.15, 0.2) is 42.6 Å². The summed E-state index contributed by atoms with van der Waals surface area (Å²) in [4.78, 5) is 0. The van der Waals surface area contributed by atoms with Crippen molar-refractivity contribution in [3.05, 3.63) is 53.9 Å². The Balaban J connectivity index is 2.23. The Labute approximate surface area is 115 Å². The number of benzene rings is 1. The lowest BCUT2D eigenvalue weighted by atomic mass is 9.84. The topological polar surface area (TPSA) is 43.8 Å². The van der Waals surface area contributed by atoms with Gasteiger partial charge in [-0.1, -0.05) is 37.3 Å². The van der Waals surface area contributed by atoms with E-state index in [-0.39, 0.29) is 5.54 Å². The molecule has 1 atom stereocenters. The molecule has 1 aromatic heterocycles. The van der Waals surface area contributed by atoms with Crippen molar-refractivity contribution in [1.29, 1.82) is 0 Å². The summed E-state index contributed by atoms with van der Waals surface area (Å²) in [6, 6.07) is 12.8. The molecule has 0 spiro atoms. The van der Waals surface area contributed by atoms with Crippen LogP contribution in [-0.2, 0) is 12.0 Å². The fourth-order valence-electron chi connectivity index (χ4n) is 2.28. The van der Waals surface area contributed by atoms with Crippen LogP contribution in [0.5, 0.6) is 0 Å². The predicted octanol–water partition coefficient (Wildman–Crippen LogP) is 3.27. The number of rotatable bonds is 5. The monoisotopic (exact) mass is 257 g/mol. The average molecular weight is 257 g/mol. The number of nitrogens with zero attached hydrogens (tertiary/aromatic N) is 2. The molecule has 2 rings (SSSR count). The zero-order valence-electron chi connectivity index (χ0n) is 12.0. The SMILES string of the molecule is CCC(N)(Cc1ccn(C(C)C)n1)c1ccccc1. The number of hydrogen-bond donors (Lipinski definition) is 1. The van der Waals surface area contributed by atoms with Gasteiger partial charge in [-0.15, -0.1) is 0 Å². The molecule has 2 aromatic rings. The summed E-state index contributed by atoms with van der Waals surface area (Å²) < 4.78 is 1.98. The molecule has 0 bridgehead atoms. The first-order valence-corrected chi connectivity index (χ1v) is 6.93. The first kappa shape index (κ1) is 13.8. The van der Waals surface area contributed by atoms with Crippen molar-refractivity contribution >= 4 is 0 Å². The lowest BCUT2D eigenvalue weighted by Crippen LogP contribution is -2.38. The zero-order chi connectivity index (χ0) is 13.9. The largest absolute Gasteiger partial charge is 0.321 e. The van der Waals surface area contributed by atoms with Crippen molar-refractivity contribution in [2.75, 3.05) is 0 Å². The van der Waals surface area contributed by atoms with Crippen molar-refractivity contribution < 1.29 is 0 Å². The highest BCUT2D eigenvalue weighted by molar-refractivity contribution is 5.26. The van der Waals surface area contributed by atoms with Gasteiger partial charge in [0, 0.05) is 24.2 Å². The maximum atomic E-state index is 6.59. The summed E-state index contributed by atoms with van der Waals surface area (Å²) in [6.07, 6.45) is 3.69. The Morgan fingerprint density at radius 2 is 1.89 bits per heavy atom. The van der Waals surface area contributed by atoms with Crippen LogP contribution in [0, 0.1) is 0 Å². The van der Waals surface area contributed by atoms with Gasteiger partial charge in [-0.25, -0.2) is 0 Å². The second-order valence-electron chi connectivity index (χ2n) is 5.43. The van der Waals surface area contributed by atoms with Crippen LogP contribution >= 0.6 is 0 Å². The van der Waals surface area contributed by atoms with Gasteiger partial charge in [0.2, 0.25) is 0 Å². The molecule has 2 N–H and O–H groups in total. The van der Waals surface area contributed by atoms with E-state index in [1.54, 1.807) is 0 Å². The van der Waals surface area contributed by atoms with E-state index in [2.05, 4.69) is 44.1 Å². The minimum atomic E-state index is -0.336. The van der Waals surface area contributed by atoms with Crippen LogP contribution in [0.4, 0.5) is 0 Å². The lowest BCUT2D eigenvalue weighted by molar-refractivity contribution is 0.414. The molecule has 0 radical (unpaired) electrons. The Bertz CT molecular complexity index is 516. The summed E-state index contributed by atoms with van der Waals surface area (Å²) in [5.41, 5.74) is 8.49. The second kappa shape index (κ2) is 5.57. The van der Waals surface area contributed by atoms with Gasteiger partial charge in [-0.2, -0.15) is 5.10 Å². The number of nitrogens with two attached hydrogens (primary N) is 1. The molecular formula is C16H23N3. The van der Waals surface area contributed by atoms with Crippen molar-refractivity contribution in [2.24, 2.45) is 5.73 Å². The molecular weight excluding hydrogens is 234 g/mol. The molecule has 1 unspecified atom stereocenters. The fraction of sp³-hybridized carbons (Fsp3) is 0.438. The highest BCUT2D eigenvalue weighted by Gasteiger charge is 2.26. The first-order valence-electron chi connectivity index (χ1n) is 6.93. The van der Waals surface area contributed by atoms with Crippen molar-refractivity contribution in [3.8, 4) is 0 Å². The third kappa shape index (κ3) is 3.04. The molecule has 1 aromatic carbocycles. The highest BCUT2D eigenvalue weighted by atomic mass is 15.3. The second-order valence-corrected chi connectivity index (χ2v) is 5.43. The number of aromatic nitrogens is 2. The molecule has 0 aliphatic rings. The van der Waals surface area contributed by atoms with E-state index in [0.717, 1.165) is 18.5 Å². The van der Waals surface area contributed by atoms with Crippen molar-refractivity contribution in [3.63, 3.8) is 0 Å². The average Bonchev–Trinajstić information content (AvgIpc) is 2.88. The summed E-state index contributed by atoms with van der Waals surface area (Å²) in [7, 11) is 0. The van der Waals surface area contributed by atoms with E-state index in [0.29, 0.717) is 6.04 Å². The van der Waals surface area contributed by atoms with E-state index >= 15 is 0 Å². The van der Waals surface area contributed by atoms with Crippen LogP contribution in [0.1, 0.15) is 44.5 Å². The Kier molecular flexibility index (Phi) is 4.05.